The molecule has 0 aliphatic carbocycles. The molecule has 0 heterocycles. The first-order chi connectivity index (χ1) is 12.8. The van der Waals surface area contributed by atoms with E-state index in [1.165, 1.54) is 13.0 Å². The summed E-state index contributed by atoms with van der Waals surface area (Å²) in [6.45, 7) is 1.48. The monoisotopic (exact) mass is 457 g/mol. The molecule has 0 atom stereocenters. The largest absolute Gasteiger partial charge is 0.418 e. The fourth-order valence-electron chi connectivity index (χ4n) is 2.51. The van der Waals surface area contributed by atoms with E-state index < -0.39 is 38.6 Å². The van der Waals surface area contributed by atoms with Crippen molar-refractivity contribution in [2.24, 2.45) is 0 Å². The molecule has 2 rings (SSSR count). The molecule has 0 spiro atoms. The van der Waals surface area contributed by atoms with Crippen LogP contribution in [0.1, 0.15) is 11.1 Å². The molecule has 0 N–H and O–H groups in total. The van der Waals surface area contributed by atoms with Crippen molar-refractivity contribution in [3.63, 3.8) is 0 Å². The number of nitrogens with zero attached hydrogens (tertiary/aromatic N) is 3. The molecule has 0 aliphatic heterocycles. The summed E-state index contributed by atoms with van der Waals surface area (Å²) in [4.78, 5) is 20.8. The second-order valence-corrected chi connectivity index (χ2v) is 6.75. The highest BCUT2D eigenvalue weighted by atomic mass is 35.5. The highest BCUT2D eigenvalue weighted by Gasteiger charge is 2.41. The first kappa shape index (κ1) is 22.0. The Morgan fingerprint density at radius 2 is 1.54 bits per heavy atom. The van der Waals surface area contributed by atoms with Crippen molar-refractivity contribution in [3.8, 4) is 0 Å². The lowest BCUT2D eigenvalue weighted by Crippen LogP contribution is -2.19. The minimum atomic E-state index is -5.14. The van der Waals surface area contributed by atoms with E-state index in [2.05, 4.69) is 0 Å². The van der Waals surface area contributed by atoms with Crippen molar-refractivity contribution in [2.75, 3.05) is 11.9 Å². The molecule has 0 aromatic heterocycles. The summed E-state index contributed by atoms with van der Waals surface area (Å²) in [6, 6.07) is 1.87. The maximum atomic E-state index is 13.6. The molecule has 0 radical (unpaired) electrons. The molecule has 28 heavy (non-hydrogen) atoms. The van der Waals surface area contributed by atoms with E-state index in [0.717, 1.165) is 11.9 Å². The topological polar surface area (TPSA) is 89.5 Å². The molecule has 0 aliphatic rings. The van der Waals surface area contributed by atoms with E-state index in [1.807, 2.05) is 0 Å². The number of alkyl halides is 3. The summed E-state index contributed by atoms with van der Waals surface area (Å²) in [5, 5.41) is 22.2. The van der Waals surface area contributed by atoms with Crippen LogP contribution >= 0.6 is 34.8 Å². The summed E-state index contributed by atoms with van der Waals surface area (Å²) in [7, 11) is 1.07. The minimum absolute atomic E-state index is 0.124. The predicted molar refractivity (Wildman–Crippen MR) is 99.0 cm³/mol. The third-order valence-electron chi connectivity index (χ3n) is 3.83. The summed E-state index contributed by atoms with van der Waals surface area (Å²) in [5.41, 5.74) is -4.64. The average molecular weight is 459 g/mol. The van der Waals surface area contributed by atoms with Crippen molar-refractivity contribution < 1.29 is 23.0 Å². The van der Waals surface area contributed by atoms with Gasteiger partial charge in [0.25, 0.3) is 11.4 Å². The van der Waals surface area contributed by atoms with Gasteiger partial charge in [0, 0.05) is 18.1 Å². The Balaban J connectivity index is 2.93. The van der Waals surface area contributed by atoms with E-state index >= 15 is 0 Å². The third-order valence-corrected chi connectivity index (χ3v) is 4.98. The average Bonchev–Trinajstić information content (AvgIpc) is 2.57. The van der Waals surface area contributed by atoms with Gasteiger partial charge in [0.15, 0.2) is 0 Å². The van der Waals surface area contributed by atoms with E-state index in [4.69, 9.17) is 34.8 Å². The summed E-state index contributed by atoms with van der Waals surface area (Å²) in [5.74, 6) is 0. The molecule has 13 heteroatoms. The molecular weight excluding hydrogens is 450 g/mol. The Morgan fingerprint density at radius 3 is 2.00 bits per heavy atom. The van der Waals surface area contributed by atoms with Gasteiger partial charge < -0.3 is 4.90 Å². The maximum Gasteiger partial charge on any atom is 0.418 e. The normalized spacial score (nSPS) is 11.4. The minimum Gasteiger partial charge on any atom is -0.336 e. The second kappa shape index (κ2) is 7.61. The molecule has 150 valence electrons. The Morgan fingerprint density at radius 1 is 0.964 bits per heavy atom. The highest BCUT2D eigenvalue weighted by molar-refractivity contribution is 6.42. The number of non-ortho nitro benzene ring substituents is 1. The lowest BCUT2D eigenvalue weighted by molar-refractivity contribution is -0.394. The van der Waals surface area contributed by atoms with Crippen LogP contribution in [0.2, 0.25) is 15.1 Å². The molecule has 2 aromatic rings. The van der Waals surface area contributed by atoms with Gasteiger partial charge in [-0.1, -0.05) is 34.8 Å². The lowest BCUT2D eigenvalue weighted by Gasteiger charge is -2.26. The SMILES string of the molecule is Cc1c(Cl)cc(Cl)c(N(C)c2c([N+](=O)[O-])cc([N+](=O)[O-])cc2C(F)(F)F)c1Cl. The van der Waals surface area contributed by atoms with Gasteiger partial charge in [-0.25, -0.2) is 0 Å². The molecule has 0 unspecified atom stereocenters. The quantitative estimate of drug-likeness (QED) is 0.382. The fourth-order valence-corrected chi connectivity index (χ4v) is 3.53. The molecule has 2 aromatic carbocycles. The van der Waals surface area contributed by atoms with Crippen LogP contribution in [0.25, 0.3) is 0 Å². The standard InChI is InChI=1S/C15H9Cl3F3N3O4/c1-6-9(16)5-10(17)14(12(6)18)22(2)13-8(15(19,20)21)3-7(23(25)26)4-11(13)24(27)28/h3-5H,1-2H3. The van der Waals surface area contributed by atoms with Gasteiger partial charge in [-0.05, 0) is 18.6 Å². The van der Waals surface area contributed by atoms with Crippen LogP contribution in [0, 0.1) is 27.2 Å². The zero-order chi connectivity index (χ0) is 21.5. The number of halogens is 6. The van der Waals surface area contributed by atoms with Gasteiger partial charge >= 0.3 is 6.18 Å². The molecule has 0 saturated heterocycles. The lowest BCUT2D eigenvalue weighted by atomic mass is 10.1. The molecular formula is C15H9Cl3F3N3O4. The molecule has 0 fully saturated rings. The Bertz CT molecular complexity index is 999. The van der Waals surface area contributed by atoms with E-state index in [0.29, 0.717) is 6.07 Å². The van der Waals surface area contributed by atoms with E-state index in [-0.39, 0.29) is 32.4 Å². The smallest absolute Gasteiger partial charge is 0.336 e. The van der Waals surface area contributed by atoms with Crippen molar-refractivity contribution in [1.82, 2.24) is 0 Å². The number of benzene rings is 2. The highest BCUT2D eigenvalue weighted by Crippen LogP contribution is 2.49. The number of rotatable bonds is 4. The molecule has 0 amide bonds. The summed E-state index contributed by atoms with van der Waals surface area (Å²) < 4.78 is 40.8. The Kier molecular flexibility index (Phi) is 5.98. The van der Waals surface area contributed by atoms with Crippen molar-refractivity contribution in [3.05, 3.63) is 64.6 Å². The third kappa shape index (κ3) is 3.94. The van der Waals surface area contributed by atoms with Crippen LogP contribution in [0.5, 0.6) is 0 Å². The molecule has 0 bridgehead atoms. The molecule has 7 nitrogen and oxygen atoms in total. The van der Waals surface area contributed by atoms with Gasteiger partial charge in [-0.15, -0.1) is 0 Å². The Labute approximate surface area is 170 Å². The van der Waals surface area contributed by atoms with Crippen LogP contribution in [0.15, 0.2) is 18.2 Å². The van der Waals surface area contributed by atoms with Crippen LogP contribution in [0.4, 0.5) is 35.9 Å². The van der Waals surface area contributed by atoms with Crippen molar-refractivity contribution >= 4 is 57.6 Å². The van der Waals surface area contributed by atoms with E-state index in [1.54, 1.807) is 0 Å². The van der Waals surface area contributed by atoms with Gasteiger partial charge in [-0.3, -0.25) is 20.2 Å². The van der Waals surface area contributed by atoms with Crippen LogP contribution in [-0.2, 0) is 6.18 Å². The number of hydrogen-bond donors (Lipinski definition) is 0. The first-order valence-corrected chi connectivity index (χ1v) is 8.32. The van der Waals surface area contributed by atoms with Crippen LogP contribution < -0.4 is 4.90 Å². The number of hydrogen-bond acceptors (Lipinski definition) is 5. The zero-order valence-corrected chi connectivity index (χ0v) is 16.2. The molecule has 0 saturated carbocycles. The summed E-state index contributed by atoms with van der Waals surface area (Å²) >= 11 is 18.2. The predicted octanol–water partition coefficient (Wildman–Crippen LogP) is 6.56. The Hall–Kier alpha value is -2.30. The van der Waals surface area contributed by atoms with Crippen LogP contribution in [-0.4, -0.2) is 16.9 Å². The van der Waals surface area contributed by atoms with Crippen molar-refractivity contribution in [1.29, 1.82) is 0 Å². The van der Waals surface area contributed by atoms with Crippen molar-refractivity contribution in [2.45, 2.75) is 13.1 Å². The van der Waals surface area contributed by atoms with Gasteiger partial charge in [-0.2, -0.15) is 13.2 Å². The second-order valence-electron chi connectivity index (χ2n) is 5.56. The fraction of sp³-hybridized carbons (Fsp3) is 0.200. The van der Waals surface area contributed by atoms with E-state index in [9.17, 15) is 33.4 Å². The summed E-state index contributed by atoms with van der Waals surface area (Å²) in [6.07, 6.45) is -5.14. The number of anilines is 2. The zero-order valence-electron chi connectivity index (χ0n) is 14.0. The van der Waals surface area contributed by atoms with Gasteiger partial charge in [0.2, 0.25) is 0 Å². The maximum absolute atomic E-state index is 13.6. The van der Waals surface area contributed by atoms with Gasteiger partial charge in [0.1, 0.15) is 5.69 Å². The van der Waals surface area contributed by atoms with Gasteiger partial charge in [0.05, 0.1) is 37.2 Å². The first-order valence-electron chi connectivity index (χ1n) is 7.19. The van der Waals surface area contributed by atoms with Crippen LogP contribution in [0.3, 0.4) is 0 Å². The number of nitro groups is 2. The number of nitro benzene ring substituents is 2.